The minimum absolute atomic E-state index is 0.246. The van der Waals surface area contributed by atoms with Crippen molar-refractivity contribution in [2.75, 3.05) is 13.1 Å². The van der Waals surface area contributed by atoms with E-state index in [1.54, 1.807) is 6.92 Å². The Balaban J connectivity index is 2.12. The Kier molecular flexibility index (Phi) is 1.75. The van der Waals surface area contributed by atoms with Crippen LogP contribution in [0.3, 0.4) is 0 Å². The van der Waals surface area contributed by atoms with Gasteiger partial charge in [0.1, 0.15) is 5.78 Å². The molecule has 0 spiro atoms. The van der Waals surface area contributed by atoms with E-state index in [9.17, 15) is 4.79 Å². The monoisotopic (exact) mass is 163 g/mol. The second-order valence-corrected chi connectivity index (χ2v) is 3.50. The lowest BCUT2D eigenvalue weighted by molar-refractivity contribution is -0.120. The molecule has 1 atom stereocenters. The number of nitrogens with zero attached hydrogens (tertiary/aromatic N) is 1. The molecule has 2 nitrogen and oxygen atoms in total. The Bertz CT molecular complexity index is 265. The van der Waals surface area contributed by atoms with Gasteiger partial charge >= 0.3 is 0 Å². The summed E-state index contributed by atoms with van der Waals surface area (Å²) in [6.07, 6.45) is 7.27. The number of hydrogen-bond acceptors (Lipinski definition) is 2. The van der Waals surface area contributed by atoms with Gasteiger partial charge in [0.15, 0.2) is 0 Å². The zero-order chi connectivity index (χ0) is 8.55. The molecule has 1 fully saturated rings. The summed E-state index contributed by atoms with van der Waals surface area (Å²) in [5.74, 6) is 0.571. The summed E-state index contributed by atoms with van der Waals surface area (Å²) in [6.45, 7) is 3.60. The first-order valence-corrected chi connectivity index (χ1v) is 4.38. The Morgan fingerprint density at radius 1 is 1.67 bits per heavy atom. The number of Topliss-reactive ketones (excluding diaryl/α,β-unsaturated/α-hetero) is 1. The second kappa shape index (κ2) is 2.77. The van der Waals surface area contributed by atoms with Gasteiger partial charge in [-0.05, 0) is 19.4 Å². The maximum Gasteiger partial charge on any atom is 0.135 e. The quantitative estimate of drug-likeness (QED) is 0.581. The fourth-order valence-corrected chi connectivity index (χ4v) is 1.83. The standard InChI is InChI=1S/C10H13NO/c1-8(12)9-6-10-4-2-3-5-11(10)7-9/h2-4,9H,5-7H2,1H3. The maximum absolute atomic E-state index is 11.1. The zero-order valence-electron chi connectivity index (χ0n) is 7.29. The number of carbonyl (C=O) groups is 1. The molecule has 12 heavy (non-hydrogen) atoms. The van der Waals surface area contributed by atoms with Gasteiger partial charge in [0, 0.05) is 24.7 Å². The van der Waals surface area contributed by atoms with Gasteiger partial charge in [0.25, 0.3) is 0 Å². The molecule has 2 heterocycles. The summed E-state index contributed by atoms with van der Waals surface area (Å²) in [4.78, 5) is 13.4. The third-order valence-corrected chi connectivity index (χ3v) is 2.63. The number of fused-ring (bicyclic) bond motifs is 1. The van der Waals surface area contributed by atoms with Crippen molar-refractivity contribution in [1.29, 1.82) is 0 Å². The van der Waals surface area contributed by atoms with Crippen molar-refractivity contribution in [3.8, 4) is 0 Å². The van der Waals surface area contributed by atoms with Gasteiger partial charge in [0.05, 0.1) is 0 Å². The van der Waals surface area contributed by atoms with E-state index in [1.807, 2.05) is 0 Å². The van der Waals surface area contributed by atoms with Gasteiger partial charge in [-0.15, -0.1) is 0 Å². The minimum atomic E-state index is 0.246. The predicted molar refractivity (Wildman–Crippen MR) is 47.6 cm³/mol. The first kappa shape index (κ1) is 7.59. The molecule has 0 bridgehead atoms. The van der Waals surface area contributed by atoms with Gasteiger partial charge in [0.2, 0.25) is 0 Å². The molecule has 2 rings (SSSR count). The van der Waals surface area contributed by atoms with E-state index in [2.05, 4.69) is 23.1 Å². The van der Waals surface area contributed by atoms with Crippen LogP contribution in [-0.4, -0.2) is 23.8 Å². The van der Waals surface area contributed by atoms with Crippen molar-refractivity contribution in [3.63, 3.8) is 0 Å². The smallest absolute Gasteiger partial charge is 0.135 e. The lowest BCUT2D eigenvalue weighted by atomic mass is 10.0. The molecule has 0 aromatic rings. The molecule has 0 aromatic carbocycles. The molecule has 1 saturated heterocycles. The van der Waals surface area contributed by atoms with E-state index in [-0.39, 0.29) is 5.92 Å². The topological polar surface area (TPSA) is 20.3 Å². The van der Waals surface area contributed by atoms with E-state index < -0.39 is 0 Å². The Hall–Kier alpha value is -1.05. The van der Waals surface area contributed by atoms with E-state index in [0.717, 1.165) is 19.5 Å². The summed E-state index contributed by atoms with van der Waals surface area (Å²) in [5, 5.41) is 0. The number of ketones is 1. The van der Waals surface area contributed by atoms with Crippen LogP contribution in [-0.2, 0) is 4.79 Å². The van der Waals surface area contributed by atoms with Gasteiger partial charge in [-0.1, -0.05) is 12.2 Å². The Morgan fingerprint density at radius 2 is 2.50 bits per heavy atom. The average Bonchev–Trinajstić information content (AvgIpc) is 2.46. The molecule has 2 aliphatic rings. The molecular weight excluding hydrogens is 150 g/mol. The van der Waals surface area contributed by atoms with Crippen LogP contribution in [0.15, 0.2) is 23.9 Å². The fraction of sp³-hybridized carbons (Fsp3) is 0.500. The van der Waals surface area contributed by atoms with Crippen LogP contribution in [0.25, 0.3) is 0 Å². The van der Waals surface area contributed by atoms with Crippen molar-refractivity contribution < 1.29 is 4.79 Å². The molecule has 2 aliphatic heterocycles. The number of allylic oxidation sites excluding steroid dienone is 3. The Morgan fingerprint density at radius 3 is 3.17 bits per heavy atom. The highest BCUT2D eigenvalue weighted by molar-refractivity contribution is 5.79. The van der Waals surface area contributed by atoms with Crippen LogP contribution >= 0.6 is 0 Å². The number of rotatable bonds is 1. The molecule has 0 saturated carbocycles. The molecule has 64 valence electrons. The van der Waals surface area contributed by atoms with Crippen LogP contribution in [0.5, 0.6) is 0 Å². The highest BCUT2D eigenvalue weighted by atomic mass is 16.1. The van der Waals surface area contributed by atoms with Crippen LogP contribution in [0.2, 0.25) is 0 Å². The molecule has 0 aromatic heterocycles. The molecule has 0 aliphatic carbocycles. The van der Waals surface area contributed by atoms with Crippen LogP contribution < -0.4 is 0 Å². The maximum atomic E-state index is 11.1. The van der Waals surface area contributed by atoms with Gasteiger partial charge in [-0.2, -0.15) is 0 Å². The van der Waals surface area contributed by atoms with Gasteiger partial charge in [-0.25, -0.2) is 0 Å². The summed E-state index contributed by atoms with van der Waals surface area (Å²) in [7, 11) is 0. The zero-order valence-corrected chi connectivity index (χ0v) is 7.29. The Labute approximate surface area is 72.6 Å². The number of hydrogen-bond donors (Lipinski definition) is 0. The third kappa shape index (κ3) is 1.17. The second-order valence-electron chi connectivity index (χ2n) is 3.50. The summed E-state index contributed by atoms with van der Waals surface area (Å²) >= 11 is 0. The number of carbonyl (C=O) groups excluding carboxylic acids is 1. The summed E-state index contributed by atoms with van der Waals surface area (Å²) < 4.78 is 0. The van der Waals surface area contributed by atoms with E-state index >= 15 is 0 Å². The normalized spacial score (nSPS) is 26.9. The van der Waals surface area contributed by atoms with Crippen molar-refractivity contribution in [1.82, 2.24) is 4.90 Å². The van der Waals surface area contributed by atoms with Crippen LogP contribution in [0, 0.1) is 5.92 Å². The first-order valence-electron chi connectivity index (χ1n) is 4.38. The summed E-state index contributed by atoms with van der Waals surface area (Å²) in [6, 6.07) is 0. The van der Waals surface area contributed by atoms with E-state index in [4.69, 9.17) is 0 Å². The summed E-state index contributed by atoms with van der Waals surface area (Å²) in [5.41, 5.74) is 1.33. The van der Waals surface area contributed by atoms with Gasteiger partial charge in [-0.3, -0.25) is 4.79 Å². The molecule has 2 heteroatoms. The van der Waals surface area contributed by atoms with Crippen LogP contribution in [0.1, 0.15) is 13.3 Å². The van der Waals surface area contributed by atoms with Gasteiger partial charge < -0.3 is 4.90 Å². The SMILES string of the molecule is CC(=O)C1CC2=CC=CCN2C1. The largest absolute Gasteiger partial charge is 0.370 e. The molecule has 0 radical (unpaired) electrons. The van der Waals surface area contributed by atoms with Crippen molar-refractivity contribution in [2.24, 2.45) is 5.92 Å². The average molecular weight is 163 g/mol. The molecule has 0 amide bonds. The molecule has 1 unspecified atom stereocenters. The lowest BCUT2D eigenvalue weighted by Crippen LogP contribution is -2.22. The fourth-order valence-electron chi connectivity index (χ4n) is 1.83. The van der Waals surface area contributed by atoms with E-state index in [0.29, 0.717) is 5.78 Å². The highest BCUT2D eigenvalue weighted by Crippen LogP contribution is 2.28. The predicted octanol–water partition coefficient (Wildman–Crippen LogP) is 1.35. The molecule has 0 N–H and O–H groups in total. The lowest BCUT2D eigenvalue weighted by Gasteiger charge is -2.19. The van der Waals surface area contributed by atoms with Crippen molar-refractivity contribution in [3.05, 3.63) is 23.9 Å². The highest BCUT2D eigenvalue weighted by Gasteiger charge is 2.28. The van der Waals surface area contributed by atoms with E-state index in [1.165, 1.54) is 5.70 Å². The minimum Gasteiger partial charge on any atom is -0.370 e. The van der Waals surface area contributed by atoms with Crippen molar-refractivity contribution >= 4 is 5.78 Å². The van der Waals surface area contributed by atoms with Crippen LogP contribution in [0.4, 0.5) is 0 Å². The first-order chi connectivity index (χ1) is 5.77. The van der Waals surface area contributed by atoms with Crippen molar-refractivity contribution in [2.45, 2.75) is 13.3 Å². The molecular formula is C10H13NO. The third-order valence-electron chi connectivity index (χ3n) is 2.63.